The highest BCUT2D eigenvalue weighted by Gasteiger charge is 1.99. The zero-order valence-corrected chi connectivity index (χ0v) is 9.08. The van der Waals surface area contributed by atoms with Crippen LogP contribution in [0.1, 0.15) is 6.92 Å². The number of anilines is 2. The lowest BCUT2D eigenvalue weighted by molar-refractivity contribution is 0.684. The van der Waals surface area contributed by atoms with Gasteiger partial charge in [0.1, 0.15) is 5.00 Å². The molecule has 4 nitrogen and oxygen atoms in total. The van der Waals surface area contributed by atoms with Crippen LogP contribution in [0.3, 0.4) is 0 Å². The lowest BCUT2D eigenvalue weighted by Crippen LogP contribution is -2.11. The normalized spacial score (nSPS) is 12.7. The Labute approximate surface area is 84.0 Å². The van der Waals surface area contributed by atoms with Crippen LogP contribution in [0, 0.1) is 0 Å². The minimum absolute atomic E-state index is 0.663. The van der Waals surface area contributed by atoms with Gasteiger partial charge >= 0.3 is 0 Å². The predicted octanol–water partition coefficient (Wildman–Crippen LogP) is 0.906. The minimum Gasteiger partial charge on any atom is -0.389 e. The van der Waals surface area contributed by atoms with Crippen molar-refractivity contribution in [2.45, 2.75) is 6.92 Å². The summed E-state index contributed by atoms with van der Waals surface area (Å²) in [6.07, 6.45) is 1.61. The van der Waals surface area contributed by atoms with E-state index in [0.717, 1.165) is 5.13 Å². The summed E-state index contributed by atoms with van der Waals surface area (Å²) >= 11 is 1.40. The van der Waals surface area contributed by atoms with Crippen LogP contribution in [-0.2, 0) is 10.8 Å². The Bertz CT molecular complexity index is 287. The van der Waals surface area contributed by atoms with E-state index in [9.17, 15) is 4.21 Å². The van der Waals surface area contributed by atoms with Crippen molar-refractivity contribution in [1.82, 2.24) is 4.98 Å². The summed E-state index contributed by atoms with van der Waals surface area (Å²) in [6.45, 7) is 2.60. The molecule has 6 heteroatoms. The third-order valence-corrected chi connectivity index (χ3v) is 3.54. The van der Waals surface area contributed by atoms with Crippen molar-refractivity contribution in [3.8, 4) is 0 Å². The number of thiazole rings is 1. The molecule has 0 aliphatic carbocycles. The molecule has 0 radical (unpaired) electrons. The van der Waals surface area contributed by atoms with Gasteiger partial charge in [-0.25, -0.2) is 4.98 Å². The van der Waals surface area contributed by atoms with Gasteiger partial charge in [-0.05, 0) is 0 Å². The van der Waals surface area contributed by atoms with E-state index in [2.05, 4.69) is 10.3 Å². The summed E-state index contributed by atoms with van der Waals surface area (Å²) in [7, 11) is -0.711. The highest BCUT2D eigenvalue weighted by atomic mass is 32.2. The van der Waals surface area contributed by atoms with E-state index in [1.807, 2.05) is 6.92 Å². The Hall–Kier alpha value is -0.620. The molecule has 0 aromatic carbocycles. The lowest BCUT2D eigenvalue weighted by atomic mass is 10.7. The highest BCUT2D eigenvalue weighted by Crippen LogP contribution is 2.18. The molecule has 74 valence electrons. The molecule has 1 aromatic heterocycles. The average Bonchev–Trinajstić information content (AvgIpc) is 2.51. The van der Waals surface area contributed by atoms with E-state index in [0.29, 0.717) is 23.1 Å². The SMILES string of the molecule is CCS(=O)CCNc1ncc(N)s1. The molecular formula is C7H13N3OS2. The molecule has 3 N–H and O–H groups in total. The summed E-state index contributed by atoms with van der Waals surface area (Å²) in [5.74, 6) is 1.37. The van der Waals surface area contributed by atoms with Gasteiger partial charge in [-0.1, -0.05) is 18.3 Å². The molecule has 1 heterocycles. The maximum absolute atomic E-state index is 11.0. The second-order valence-electron chi connectivity index (χ2n) is 2.43. The summed E-state index contributed by atoms with van der Waals surface area (Å²) in [5.41, 5.74) is 5.49. The molecule has 0 fully saturated rings. The van der Waals surface area contributed by atoms with Crippen LogP contribution in [0.2, 0.25) is 0 Å². The Balaban J connectivity index is 2.24. The molecule has 0 spiro atoms. The van der Waals surface area contributed by atoms with Gasteiger partial charge in [0.05, 0.1) is 6.20 Å². The summed E-state index contributed by atoms with van der Waals surface area (Å²) in [5, 5.41) is 4.56. The number of nitrogens with one attached hydrogen (secondary N) is 1. The average molecular weight is 219 g/mol. The fraction of sp³-hybridized carbons (Fsp3) is 0.571. The Morgan fingerprint density at radius 1 is 1.77 bits per heavy atom. The first-order valence-electron chi connectivity index (χ1n) is 4.02. The third-order valence-electron chi connectivity index (χ3n) is 1.45. The smallest absolute Gasteiger partial charge is 0.184 e. The molecule has 0 aliphatic rings. The summed E-state index contributed by atoms with van der Waals surface area (Å²) in [4.78, 5) is 4.02. The van der Waals surface area contributed by atoms with Gasteiger partial charge < -0.3 is 11.1 Å². The van der Waals surface area contributed by atoms with Crippen molar-refractivity contribution < 1.29 is 4.21 Å². The Morgan fingerprint density at radius 3 is 3.08 bits per heavy atom. The van der Waals surface area contributed by atoms with Gasteiger partial charge in [0.15, 0.2) is 5.13 Å². The van der Waals surface area contributed by atoms with Gasteiger partial charge in [0, 0.05) is 28.9 Å². The third kappa shape index (κ3) is 3.73. The monoisotopic (exact) mass is 219 g/mol. The Morgan fingerprint density at radius 2 is 2.54 bits per heavy atom. The number of nitrogen functional groups attached to an aromatic ring is 1. The molecule has 1 rings (SSSR count). The van der Waals surface area contributed by atoms with Crippen LogP contribution >= 0.6 is 11.3 Å². The van der Waals surface area contributed by atoms with Crippen molar-refractivity contribution in [1.29, 1.82) is 0 Å². The maximum Gasteiger partial charge on any atom is 0.184 e. The first-order chi connectivity index (χ1) is 6.22. The number of hydrogen-bond acceptors (Lipinski definition) is 5. The van der Waals surface area contributed by atoms with Crippen molar-refractivity contribution in [2.24, 2.45) is 0 Å². The largest absolute Gasteiger partial charge is 0.389 e. The van der Waals surface area contributed by atoms with Crippen LogP contribution in [0.15, 0.2) is 6.20 Å². The molecule has 0 aliphatic heterocycles. The summed E-state index contributed by atoms with van der Waals surface area (Å²) < 4.78 is 11.0. The van der Waals surface area contributed by atoms with E-state index in [-0.39, 0.29) is 0 Å². The van der Waals surface area contributed by atoms with Crippen LogP contribution in [0.4, 0.5) is 10.1 Å². The topological polar surface area (TPSA) is 68.0 Å². The molecule has 0 amide bonds. The zero-order chi connectivity index (χ0) is 9.68. The standard InChI is InChI=1S/C7H13N3OS2/c1-2-13(11)4-3-9-7-10-5-6(8)12-7/h5H,2-4,8H2,1H3,(H,9,10). The maximum atomic E-state index is 11.0. The number of nitrogens with zero attached hydrogens (tertiary/aromatic N) is 1. The first-order valence-corrected chi connectivity index (χ1v) is 6.33. The van der Waals surface area contributed by atoms with Crippen LogP contribution in [-0.4, -0.2) is 27.2 Å². The molecule has 1 aromatic rings. The van der Waals surface area contributed by atoms with E-state index in [1.165, 1.54) is 11.3 Å². The number of rotatable bonds is 5. The van der Waals surface area contributed by atoms with E-state index < -0.39 is 10.8 Å². The van der Waals surface area contributed by atoms with E-state index in [4.69, 9.17) is 5.73 Å². The fourth-order valence-corrected chi connectivity index (χ4v) is 2.01. The molecule has 13 heavy (non-hydrogen) atoms. The van der Waals surface area contributed by atoms with Crippen LogP contribution < -0.4 is 11.1 Å². The van der Waals surface area contributed by atoms with Gasteiger partial charge in [-0.3, -0.25) is 4.21 Å². The summed E-state index contributed by atoms with van der Waals surface area (Å²) in [6, 6.07) is 0. The van der Waals surface area contributed by atoms with Crippen molar-refractivity contribution in [3.63, 3.8) is 0 Å². The van der Waals surface area contributed by atoms with E-state index in [1.54, 1.807) is 6.20 Å². The van der Waals surface area contributed by atoms with E-state index >= 15 is 0 Å². The van der Waals surface area contributed by atoms with Crippen molar-refractivity contribution in [3.05, 3.63) is 6.20 Å². The number of aromatic nitrogens is 1. The van der Waals surface area contributed by atoms with Gasteiger partial charge in [0.2, 0.25) is 0 Å². The Kier molecular flexibility index (Phi) is 4.17. The highest BCUT2D eigenvalue weighted by molar-refractivity contribution is 7.84. The van der Waals surface area contributed by atoms with Crippen molar-refractivity contribution in [2.75, 3.05) is 29.1 Å². The van der Waals surface area contributed by atoms with Gasteiger partial charge in [-0.15, -0.1) is 0 Å². The quantitative estimate of drug-likeness (QED) is 0.772. The number of nitrogens with two attached hydrogens (primary N) is 1. The van der Waals surface area contributed by atoms with Crippen molar-refractivity contribution >= 4 is 32.3 Å². The molecule has 0 bridgehead atoms. The molecular weight excluding hydrogens is 206 g/mol. The van der Waals surface area contributed by atoms with Gasteiger partial charge in [-0.2, -0.15) is 0 Å². The van der Waals surface area contributed by atoms with Crippen LogP contribution in [0.25, 0.3) is 0 Å². The molecule has 1 unspecified atom stereocenters. The minimum atomic E-state index is -0.711. The fourth-order valence-electron chi connectivity index (χ4n) is 0.784. The predicted molar refractivity (Wildman–Crippen MR) is 58.6 cm³/mol. The first kappa shape index (κ1) is 10.5. The molecule has 1 atom stereocenters. The number of hydrogen-bond donors (Lipinski definition) is 2. The second-order valence-corrected chi connectivity index (χ2v) is 5.35. The molecule has 0 saturated heterocycles. The van der Waals surface area contributed by atoms with Gasteiger partial charge in [0.25, 0.3) is 0 Å². The second kappa shape index (κ2) is 5.18. The molecule has 0 saturated carbocycles. The van der Waals surface area contributed by atoms with Crippen LogP contribution in [0.5, 0.6) is 0 Å². The zero-order valence-electron chi connectivity index (χ0n) is 7.45. The lowest BCUT2D eigenvalue weighted by Gasteiger charge is -2.00.